The summed E-state index contributed by atoms with van der Waals surface area (Å²) in [5, 5.41) is 10.4. The lowest BCUT2D eigenvalue weighted by Crippen LogP contribution is -2.28. The van der Waals surface area contributed by atoms with E-state index in [4.69, 9.17) is 10.5 Å². The summed E-state index contributed by atoms with van der Waals surface area (Å²) in [7, 11) is 0. The van der Waals surface area contributed by atoms with Gasteiger partial charge in [-0.15, -0.1) is 0 Å². The lowest BCUT2D eigenvalue weighted by Gasteiger charge is -2.19. The average molecular weight is 333 g/mol. The second-order valence-electron chi connectivity index (χ2n) is 6.13. The van der Waals surface area contributed by atoms with Gasteiger partial charge in [0.2, 0.25) is 0 Å². The molecule has 0 aliphatic carbocycles. The fourth-order valence-electron chi connectivity index (χ4n) is 2.73. The van der Waals surface area contributed by atoms with E-state index in [1.807, 2.05) is 84.9 Å². The van der Waals surface area contributed by atoms with Gasteiger partial charge in [0.05, 0.1) is 12.1 Å². The molecule has 3 heteroatoms. The molecule has 0 heterocycles. The lowest BCUT2D eigenvalue weighted by atomic mass is 9.97. The highest BCUT2D eigenvalue weighted by Gasteiger charge is 2.17. The predicted octanol–water partition coefficient (Wildman–Crippen LogP) is 3.87. The van der Waals surface area contributed by atoms with Gasteiger partial charge >= 0.3 is 0 Å². The van der Waals surface area contributed by atoms with E-state index in [1.165, 1.54) is 0 Å². The van der Waals surface area contributed by atoms with E-state index in [2.05, 4.69) is 0 Å². The number of aliphatic hydroxyl groups excluding tert-OH is 1. The molecule has 0 radical (unpaired) electrons. The first-order chi connectivity index (χ1) is 12.2. The molecule has 0 aliphatic rings. The predicted molar refractivity (Wildman–Crippen MR) is 100 cm³/mol. The Morgan fingerprint density at radius 1 is 0.760 bits per heavy atom. The molecular weight excluding hydrogens is 310 g/mol. The fraction of sp³-hybridized carbons (Fsp3) is 0.182. The Kier molecular flexibility index (Phi) is 5.83. The molecule has 3 aromatic rings. The summed E-state index contributed by atoms with van der Waals surface area (Å²) < 4.78 is 5.78. The molecule has 2 atom stereocenters. The molecule has 0 bridgehead atoms. The highest BCUT2D eigenvalue weighted by Crippen LogP contribution is 2.21. The van der Waals surface area contributed by atoms with E-state index in [-0.39, 0.29) is 0 Å². The third-order valence-electron chi connectivity index (χ3n) is 4.22. The zero-order valence-electron chi connectivity index (χ0n) is 14.1. The van der Waals surface area contributed by atoms with E-state index >= 15 is 0 Å². The molecule has 0 saturated carbocycles. The van der Waals surface area contributed by atoms with Gasteiger partial charge < -0.3 is 15.6 Å². The number of nitrogens with two attached hydrogens (primary N) is 1. The van der Waals surface area contributed by atoms with E-state index in [1.54, 1.807) is 0 Å². The zero-order chi connectivity index (χ0) is 17.5. The van der Waals surface area contributed by atoms with Crippen molar-refractivity contribution in [1.29, 1.82) is 0 Å². The van der Waals surface area contributed by atoms with Crippen LogP contribution in [0, 0.1) is 0 Å². The Bertz CT molecular complexity index is 757. The molecule has 0 fully saturated rings. The van der Waals surface area contributed by atoms with Crippen molar-refractivity contribution >= 4 is 0 Å². The normalized spacial score (nSPS) is 13.2. The van der Waals surface area contributed by atoms with Crippen LogP contribution in [0.3, 0.4) is 0 Å². The van der Waals surface area contributed by atoms with E-state index in [9.17, 15) is 5.11 Å². The SMILES string of the molecule is N[C@H](c1ccc(OCc2ccccc2)cc1)[C@@H](O)Cc1ccccc1. The molecule has 25 heavy (non-hydrogen) atoms. The van der Waals surface area contributed by atoms with Gasteiger partial charge in [0, 0.05) is 6.42 Å². The van der Waals surface area contributed by atoms with Crippen LogP contribution in [-0.2, 0) is 13.0 Å². The lowest BCUT2D eigenvalue weighted by molar-refractivity contribution is 0.145. The van der Waals surface area contributed by atoms with Crippen LogP contribution in [0.5, 0.6) is 5.75 Å². The maximum Gasteiger partial charge on any atom is 0.119 e. The van der Waals surface area contributed by atoms with Gasteiger partial charge in [0.25, 0.3) is 0 Å². The highest BCUT2D eigenvalue weighted by atomic mass is 16.5. The van der Waals surface area contributed by atoms with Gasteiger partial charge in [-0.2, -0.15) is 0 Å². The summed E-state index contributed by atoms with van der Waals surface area (Å²) in [6.45, 7) is 0.531. The molecule has 0 amide bonds. The van der Waals surface area contributed by atoms with Crippen LogP contribution in [0.2, 0.25) is 0 Å². The summed E-state index contributed by atoms with van der Waals surface area (Å²) >= 11 is 0. The molecule has 3 nitrogen and oxygen atoms in total. The third kappa shape index (κ3) is 4.92. The number of hydrogen-bond acceptors (Lipinski definition) is 3. The molecule has 3 aromatic carbocycles. The van der Waals surface area contributed by atoms with E-state index < -0.39 is 12.1 Å². The minimum absolute atomic E-state index is 0.427. The van der Waals surface area contributed by atoms with Crippen LogP contribution in [0.25, 0.3) is 0 Å². The minimum Gasteiger partial charge on any atom is -0.489 e. The van der Waals surface area contributed by atoms with Crippen LogP contribution in [0.15, 0.2) is 84.9 Å². The Morgan fingerprint density at radius 2 is 1.32 bits per heavy atom. The first-order valence-corrected chi connectivity index (χ1v) is 8.46. The van der Waals surface area contributed by atoms with Crippen LogP contribution in [0.4, 0.5) is 0 Å². The van der Waals surface area contributed by atoms with Crippen LogP contribution >= 0.6 is 0 Å². The monoisotopic (exact) mass is 333 g/mol. The molecular formula is C22H23NO2. The number of aliphatic hydroxyl groups is 1. The van der Waals surface area contributed by atoms with Crippen molar-refractivity contribution < 1.29 is 9.84 Å². The smallest absolute Gasteiger partial charge is 0.119 e. The quantitative estimate of drug-likeness (QED) is 0.690. The number of benzene rings is 3. The maximum absolute atomic E-state index is 10.4. The van der Waals surface area contributed by atoms with Crippen molar-refractivity contribution in [3.8, 4) is 5.75 Å². The largest absolute Gasteiger partial charge is 0.489 e. The number of ether oxygens (including phenoxy) is 1. The molecule has 3 N–H and O–H groups in total. The number of hydrogen-bond donors (Lipinski definition) is 2. The van der Waals surface area contributed by atoms with E-state index in [0.717, 1.165) is 22.4 Å². The minimum atomic E-state index is -0.626. The molecule has 0 aromatic heterocycles. The Labute approximate surface area is 148 Å². The molecule has 0 unspecified atom stereocenters. The van der Waals surface area contributed by atoms with Crippen molar-refractivity contribution in [3.05, 3.63) is 102 Å². The molecule has 0 aliphatic heterocycles. The Balaban J connectivity index is 1.57. The summed E-state index contributed by atoms with van der Waals surface area (Å²) in [6, 6.07) is 27.1. The molecule has 3 rings (SSSR count). The van der Waals surface area contributed by atoms with Crippen LogP contribution in [-0.4, -0.2) is 11.2 Å². The number of rotatable bonds is 7. The Hall–Kier alpha value is -2.62. The average Bonchev–Trinajstić information content (AvgIpc) is 2.68. The first-order valence-electron chi connectivity index (χ1n) is 8.46. The van der Waals surface area contributed by atoms with Gasteiger partial charge in [-0.1, -0.05) is 72.8 Å². The zero-order valence-corrected chi connectivity index (χ0v) is 14.1. The van der Waals surface area contributed by atoms with Gasteiger partial charge in [0.1, 0.15) is 12.4 Å². The summed E-state index contributed by atoms with van der Waals surface area (Å²) in [6.07, 6.45) is -0.0904. The second-order valence-corrected chi connectivity index (χ2v) is 6.13. The topological polar surface area (TPSA) is 55.5 Å². The van der Waals surface area contributed by atoms with Crippen molar-refractivity contribution in [2.24, 2.45) is 5.73 Å². The van der Waals surface area contributed by atoms with Gasteiger partial charge in [-0.3, -0.25) is 0 Å². The molecule has 128 valence electrons. The van der Waals surface area contributed by atoms with Crippen molar-refractivity contribution in [1.82, 2.24) is 0 Å². The van der Waals surface area contributed by atoms with Crippen LogP contribution < -0.4 is 10.5 Å². The first kappa shape index (κ1) is 17.2. The molecule has 0 spiro atoms. The maximum atomic E-state index is 10.4. The van der Waals surface area contributed by atoms with Crippen molar-refractivity contribution in [3.63, 3.8) is 0 Å². The molecule has 0 saturated heterocycles. The van der Waals surface area contributed by atoms with Gasteiger partial charge in [0.15, 0.2) is 0 Å². The van der Waals surface area contributed by atoms with Gasteiger partial charge in [-0.25, -0.2) is 0 Å². The second kappa shape index (κ2) is 8.47. The third-order valence-corrected chi connectivity index (χ3v) is 4.22. The summed E-state index contributed by atoms with van der Waals surface area (Å²) in [5.74, 6) is 0.789. The standard InChI is InChI=1S/C22H23NO2/c23-22(21(24)15-17-7-3-1-4-8-17)19-11-13-20(14-12-19)25-16-18-9-5-2-6-10-18/h1-14,21-22,24H,15-16,23H2/t21-,22+/m0/s1. The van der Waals surface area contributed by atoms with Crippen molar-refractivity contribution in [2.45, 2.75) is 25.2 Å². The fourth-order valence-corrected chi connectivity index (χ4v) is 2.73. The highest BCUT2D eigenvalue weighted by molar-refractivity contribution is 5.30. The van der Waals surface area contributed by atoms with E-state index in [0.29, 0.717) is 13.0 Å². The summed E-state index contributed by atoms with van der Waals surface area (Å²) in [4.78, 5) is 0. The van der Waals surface area contributed by atoms with Crippen LogP contribution in [0.1, 0.15) is 22.7 Å². The Morgan fingerprint density at radius 3 is 1.92 bits per heavy atom. The summed E-state index contributed by atoms with van der Waals surface area (Å²) in [5.41, 5.74) is 9.31. The van der Waals surface area contributed by atoms with Gasteiger partial charge in [-0.05, 0) is 28.8 Å². The van der Waals surface area contributed by atoms with Crippen molar-refractivity contribution in [2.75, 3.05) is 0 Å².